The van der Waals surface area contributed by atoms with Gasteiger partial charge in [-0.2, -0.15) is 0 Å². The standard InChI is InChI=1S/C10H18N2O/c1-2-13-8-7-10(12)6-4-3-5-9(10)11/h3-6,9H,2,7-8,11-12H2,1H3. The van der Waals surface area contributed by atoms with Crippen LogP contribution in [0.5, 0.6) is 0 Å². The highest BCUT2D eigenvalue weighted by Gasteiger charge is 2.28. The van der Waals surface area contributed by atoms with E-state index in [9.17, 15) is 0 Å². The Labute approximate surface area is 79.4 Å². The summed E-state index contributed by atoms with van der Waals surface area (Å²) in [5, 5.41) is 0. The van der Waals surface area contributed by atoms with E-state index in [0.717, 1.165) is 13.0 Å². The second kappa shape index (κ2) is 4.56. The van der Waals surface area contributed by atoms with Crippen molar-refractivity contribution in [3.8, 4) is 0 Å². The van der Waals surface area contributed by atoms with Gasteiger partial charge in [0, 0.05) is 19.3 Å². The molecule has 0 heterocycles. The van der Waals surface area contributed by atoms with Gasteiger partial charge in [-0.3, -0.25) is 0 Å². The molecular weight excluding hydrogens is 164 g/mol. The van der Waals surface area contributed by atoms with Crippen LogP contribution in [0.15, 0.2) is 24.3 Å². The van der Waals surface area contributed by atoms with Gasteiger partial charge in [0.1, 0.15) is 0 Å². The number of rotatable bonds is 4. The van der Waals surface area contributed by atoms with Gasteiger partial charge in [-0.15, -0.1) is 0 Å². The molecule has 0 aliphatic heterocycles. The fourth-order valence-electron chi connectivity index (χ4n) is 1.35. The van der Waals surface area contributed by atoms with Gasteiger partial charge in [-0.05, 0) is 13.3 Å². The maximum Gasteiger partial charge on any atom is 0.0554 e. The lowest BCUT2D eigenvalue weighted by Crippen LogP contribution is -2.54. The van der Waals surface area contributed by atoms with Gasteiger partial charge in [-0.1, -0.05) is 24.3 Å². The van der Waals surface area contributed by atoms with Crippen LogP contribution in [-0.4, -0.2) is 24.8 Å². The Hall–Kier alpha value is -0.640. The van der Waals surface area contributed by atoms with E-state index in [4.69, 9.17) is 16.2 Å². The minimum absolute atomic E-state index is 0.0991. The molecule has 74 valence electrons. The van der Waals surface area contributed by atoms with Gasteiger partial charge in [0.05, 0.1) is 5.54 Å². The normalized spacial score (nSPS) is 32.4. The summed E-state index contributed by atoms with van der Waals surface area (Å²) >= 11 is 0. The number of hydrogen-bond acceptors (Lipinski definition) is 3. The topological polar surface area (TPSA) is 61.3 Å². The molecule has 0 amide bonds. The van der Waals surface area contributed by atoms with E-state index in [1.54, 1.807) is 0 Å². The molecule has 3 nitrogen and oxygen atoms in total. The Balaban J connectivity index is 2.45. The van der Waals surface area contributed by atoms with Crippen molar-refractivity contribution in [2.75, 3.05) is 13.2 Å². The molecule has 0 aromatic carbocycles. The second-order valence-corrected chi connectivity index (χ2v) is 3.33. The van der Waals surface area contributed by atoms with E-state index < -0.39 is 5.54 Å². The van der Waals surface area contributed by atoms with Gasteiger partial charge in [0.2, 0.25) is 0 Å². The lowest BCUT2D eigenvalue weighted by Gasteiger charge is -2.32. The van der Waals surface area contributed by atoms with Crippen LogP contribution in [0, 0.1) is 0 Å². The minimum atomic E-state index is -0.427. The smallest absolute Gasteiger partial charge is 0.0554 e. The van der Waals surface area contributed by atoms with E-state index in [-0.39, 0.29) is 6.04 Å². The summed E-state index contributed by atoms with van der Waals surface area (Å²) < 4.78 is 5.26. The molecule has 0 fully saturated rings. The van der Waals surface area contributed by atoms with E-state index in [1.165, 1.54) is 0 Å². The monoisotopic (exact) mass is 182 g/mol. The maximum atomic E-state index is 6.10. The number of ether oxygens (including phenoxy) is 1. The molecule has 0 saturated carbocycles. The van der Waals surface area contributed by atoms with Gasteiger partial charge >= 0.3 is 0 Å². The molecule has 0 bridgehead atoms. The Morgan fingerprint density at radius 1 is 1.46 bits per heavy atom. The van der Waals surface area contributed by atoms with Crippen LogP contribution in [0.1, 0.15) is 13.3 Å². The quantitative estimate of drug-likeness (QED) is 0.625. The SMILES string of the molecule is CCOCCC1(N)C=CC=CC1N. The first-order valence-corrected chi connectivity index (χ1v) is 4.67. The lowest BCUT2D eigenvalue weighted by atomic mass is 9.85. The molecule has 0 saturated heterocycles. The van der Waals surface area contributed by atoms with Crippen molar-refractivity contribution < 1.29 is 4.74 Å². The molecule has 13 heavy (non-hydrogen) atoms. The van der Waals surface area contributed by atoms with Gasteiger partial charge in [-0.25, -0.2) is 0 Å². The number of allylic oxidation sites excluding steroid dienone is 2. The van der Waals surface area contributed by atoms with Gasteiger partial charge in [0.15, 0.2) is 0 Å². The van der Waals surface area contributed by atoms with Crippen molar-refractivity contribution in [1.29, 1.82) is 0 Å². The van der Waals surface area contributed by atoms with Crippen LogP contribution in [0.25, 0.3) is 0 Å². The molecule has 1 aliphatic rings. The molecule has 2 unspecified atom stereocenters. The largest absolute Gasteiger partial charge is 0.382 e. The zero-order valence-electron chi connectivity index (χ0n) is 8.07. The zero-order valence-corrected chi connectivity index (χ0v) is 8.07. The maximum absolute atomic E-state index is 6.10. The number of hydrogen-bond donors (Lipinski definition) is 2. The lowest BCUT2D eigenvalue weighted by molar-refractivity contribution is 0.130. The first-order valence-electron chi connectivity index (χ1n) is 4.67. The molecule has 1 rings (SSSR count). The molecule has 0 radical (unpaired) electrons. The third-order valence-electron chi connectivity index (χ3n) is 2.34. The van der Waals surface area contributed by atoms with Crippen LogP contribution < -0.4 is 11.5 Å². The van der Waals surface area contributed by atoms with E-state index in [2.05, 4.69) is 0 Å². The predicted octanol–water partition coefficient (Wildman–Crippen LogP) is 0.564. The number of nitrogens with two attached hydrogens (primary N) is 2. The molecule has 0 aromatic heterocycles. The third kappa shape index (κ3) is 2.66. The Kier molecular flexibility index (Phi) is 3.66. The van der Waals surface area contributed by atoms with Crippen LogP contribution >= 0.6 is 0 Å². The molecule has 2 atom stereocenters. The van der Waals surface area contributed by atoms with Crippen molar-refractivity contribution in [2.45, 2.75) is 24.9 Å². The molecular formula is C10H18N2O. The average molecular weight is 182 g/mol. The first-order chi connectivity index (χ1) is 6.19. The summed E-state index contributed by atoms with van der Waals surface area (Å²) in [4.78, 5) is 0. The highest BCUT2D eigenvalue weighted by molar-refractivity contribution is 5.25. The summed E-state index contributed by atoms with van der Waals surface area (Å²) in [6, 6.07) is -0.0991. The van der Waals surface area contributed by atoms with Crippen molar-refractivity contribution in [3.63, 3.8) is 0 Å². The van der Waals surface area contributed by atoms with Crippen LogP contribution in [0.2, 0.25) is 0 Å². The molecule has 1 aliphatic carbocycles. The van der Waals surface area contributed by atoms with Crippen LogP contribution in [0.3, 0.4) is 0 Å². The van der Waals surface area contributed by atoms with Crippen molar-refractivity contribution in [1.82, 2.24) is 0 Å². The Morgan fingerprint density at radius 3 is 2.85 bits per heavy atom. The van der Waals surface area contributed by atoms with E-state index in [1.807, 2.05) is 31.2 Å². The van der Waals surface area contributed by atoms with Crippen LogP contribution in [0.4, 0.5) is 0 Å². The van der Waals surface area contributed by atoms with Crippen LogP contribution in [-0.2, 0) is 4.74 Å². The van der Waals surface area contributed by atoms with Crippen molar-refractivity contribution in [2.24, 2.45) is 11.5 Å². The molecule has 3 heteroatoms. The summed E-state index contributed by atoms with van der Waals surface area (Å²) in [5.41, 5.74) is 11.6. The molecule has 4 N–H and O–H groups in total. The predicted molar refractivity (Wildman–Crippen MR) is 54.3 cm³/mol. The van der Waals surface area contributed by atoms with Crippen molar-refractivity contribution >= 4 is 0 Å². The summed E-state index contributed by atoms with van der Waals surface area (Å²) in [6.07, 6.45) is 8.51. The highest BCUT2D eigenvalue weighted by atomic mass is 16.5. The van der Waals surface area contributed by atoms with Crippen molar-refractivity contribution in [3.05, 3.63) is 24.3 Å². The zero-order chi connectivity index (χ0) is 9.73. The average Bonchev–Trinajstić information content (AvgIpc) is 2.11. The fraction of sp³-hybridized carbons (Fsp3) is 0.600. The second-order valence-electron chi connectivity index (χ2n) is 3.33. The first kappa shape index (κ1) is 10.4. The molecule has 0 aromatic rings. The summed E-state index contributed by atoms with van der Waals surface area (Å²) in [6.45, 7) is 3.36. The molecule has 0 spiro atoms. The summed E-state index contributed by atoms with van der Waals surface area (Å²) in [7, 11) is 0. The van der Waals surface area contributed by atoms with E-state index in [0.29, 0.717) is 6.61 Å². The van der Waals surface area contributed by atoms with Gasteiger partial charge in [0.25, 0.3) is 0 Å². The Morgan fingerprint density at radius 2 is 2.23 bits per heavy atom. The third-order valence-corrected chi connectivity index (χ3v) is 2.34. The highest BCUT2D eigenvalue weighted by Crippen LogP contribution is 2.17. The fourth-order valence-corrected chi connectivity index (χ4v) is 1.35. The van der Waals surface area contributed by atoms with E-state index >= 15 is 0 Å². The van der Waals surface area contributed by atoms with Gasteiger partial charge < -0.3 is 16.2 Å². The Bertz CT molecular complexity index is 213. The summed E-state index contributed by atoms with van der Waals surface area (Å²) in [5.74, 6) is 0. The minimum Gasteiger partial charge on any atom is -0.382 e.